The molecule has 0 saturated heterocycles. The van der Waals surface area contributed by atoms with Crippen LogP contribution in [-0.2, 0) is 6.61 Å². The van der Waals surface area contributed by atoms with Crippen molar-refractivity contribution in [3.05, 3.63) is 87.4 Å². The van der Waals surface area contributed by atoms with Gasteiger partial charge in [0.2, 0.25) is 0 Å². The van der Waals surface area contributed by atoms with Crippen LogP contribution >= 0.6 is 15.9 Å². The monoisotopic (exact) mass is 438 g/mol. The second-order valence-corrected chi connectivity index (χ2v) is 7.33. The number of anilines is 1. The third-order valence-corrected chi connectivity index (χ3v) is 4.98. The van der Waals surface area contributed by atoms with Gasteiger partial charge in [-0.15, -0.1) is 0 Å². The second kappa shape index (κ2) is 9.42. The zero-order chi connectivity index (χ0) is 19.9. The molecule has 0 aliphatic rings. The van der Waals surface area contributed by atoms with Gasteiger partial charge in [-0.25, -0.2) is 0 Å². The molecule has 4 nitrogen and oxygen atoms in total. The van der Waals surface area contributed by atoms with Gasteiger partial charge in [-0.05, 0) is 76.3 Å². The lowest BCUT2D eigenvalue weighted by Crippen LogP contribution is -2.00. The van der Waals surface area contributed by atoms with Crippen molar-refractivity contribution < 1.29 is 9.47 Å². The predicted molar refractivity (Wildman–Crippen MR) is 119 cm³/mol. The van der Waals surface area contributed by atoms with Gasteiger partial charge in [0.15, 0.2) is 11.5 Å². The average Bonchev–Trinajstić information content (AvgIpc) is 2.70. The zero-order valence-electron chi connectivity index (χ0n) is 16.2. The molecule has 3 aromatic carbocycles. The Labute approximate surface area is 174 Å². The maximum absolute atomic E-state index is 5.97. The molecule has 0 fully saturated rings. The molecular formula is C23H23BrN2O2. The number of methoxy groups -OCH3 is 1. The van der Waals surface area contributed by atoms with Gasteiger partial charge < -0.3 is 9.47 Å². The summed E-state index contributed by atoms with van der Waals surface area (Å²) in [7, 11) is 1.63. The number of hydrogen-bond acceptors (Lipinski definition) is 4. The van der Waals surface area contributed by atoms with E-state index in [0.29, 0.717) is 18.1 Å². The van der Waals surface area contributed by atoms with Crippen LogP contribution in [0.1, 0.15) is 22.3 Å². The van der Waals surface area contributed by atoms with Crippen molar-refractivity contribution in [2.75, 3.05) is 12.5 Å². The van der Waals surface area contributed by atoms with E-state index < -0.39 is 0 Å². The van der Waals surface area contributed by atoms with Crippen LogP contribution in [0, 0.1) is 13.8 Å². The number of benzene rings is 3. The van der Waals surface area contributed by atoms with Crippen LogP contribution in [0.4, 0.5) is 5.69 Å². The summed E-state index contributed by atoms with van der Waals surface area (Å²) in [5.41, 5.74) is 8.49. The standard InChI is InChI=1S/C23H23BrN2O2/c1-16-9-10-20(11-17(16)2)26-25-14-19-12-21(24)23(22(13-19)27-3)28-15-18-7-5-4-6-8-18/h4-14,26H,15H2,1-3H3/b25-14+. The van der Waals surface area contributed by atoms with Crippen molar-refractivity contribution in [3.63, 3.8) is 0 Å². The van der Waals surface area contributed by atoms with Crippen molar-refractivity contribution in [2.24, 2.45) is 5.10 Å². The Morgan fingerprint density at radius 1 is 1.00 bits per heavy atom. The lowest BCUT2D eigenvalue weighted by atomic mass is 10.1. The topological polar surface area (TPSA) is 42.8 Å². The Kier molecular flexibility index (Phi) is 6.71. The van der Waals surface area contributed by atoms with Crippen LogP contribution in [-0.4, -0.2) is 13.3 Å². The Morgan fingerprint density at radius 3 is 2.50 bits per heavy atom. The summed E-state index contributed by atoms with van der Waals surface area (Å²) in [4.78, 5) is 0. The van der Waals surface area contributed by atoms with Crippen molar-refractivity contribution in [1.29, 1.82) is 0 Å². The van der Waals surface area contributed by atoms with Gasteiger partial charge in [0.25, 0.3) is 0 Å². The summed E-state index contributed by atoms with van der Waals surface area (Å²) < 4.78 is 12.3. The smallest absolute Gasteiger partial charge is 0.175 e. The first-order valence-corrected chi connectivity index (χ1v) is 9.76. The highest BCUT2D eigenvalue weighted by atomic mass is 79.9. The molecule has 28 heavy (non-hydrogen) atoms. The van der Waals surface area contributed by atoms with Crippen LogP contribution in [0.25, 0.3) is 0 Å². The molecule has 3 aromatic rings. The molecule has 0 radical (unpaired) electrons. The van der Waals surface area contributed by atoms with E-state index in [0.717, 1.165) is 21.3 Å². The first kappa shape index (κ1) is 20.0. The van der Waals surface area contributed by atoms with E-state index in [-0.39, 0.29) is 0 Å². The zero-order valence-corrected chi connectivity index (χ0v) is 17.8. The maximum atomic E-state index is 5.97. The van der Waals surface area contributed by atoms with Crippen LogP contribution in [0.2, 0.25) is 0 Å². The number of aryl methyl sites for hydroxylation is 2. The van der Waals surface area contributed by atoms with Crippen LogP contribution in [0.5, 0.6) is 11.5 Å². The van der Waals surface area contributed by atoms with Gasteiger partial charge in [-0.3, -0.25) is 5.43 Å². The summed E-state index contributed by atoms with van der Waals surface area (Å²) in [5.74, 6) is 1.32. The molecule has 0 atom stereocenters. The normalized spacial score (nSPS) is 10.9. The molecule has 0 aromatic heterocycles. The van der Waals surface area contributed by atoms with Crippen molar-refractivity contribution in [2.45, 2.75) is 20.5 Å². The first-order valence-electron chi connectivity index (χ1n) is 8.97. The molecule has 0 aliphatic carbocycles. The molecule has 144 valence electrons. The Hall–Kier alpha value is -2.79. The summed E-state index contributed by atoms with van der Waals surface area (Å²) in [6.45, 7) is 4.64. The van der Waals surface area contributed by atoms with E-state index >= 15 is 0 Å². The number of hydrogen-bond donors (Lipinski definition) is 1. The Bertz CT molecular complexity index is 972. The molecule has 1 N–H and O–H groups in total. The molecule has 5 heteroatoms. The molecule has 0 unspecified atom stereocenters. The van der Waals surface area contributed by atoms with Gasteiger partial charge >= 0.3 is 0 Å². The van der Waals surface area contributed by atoms with Gasteiger partial charge in [0.1, 0.15) is 6.61 Å². The number of halogens is 1. The van der Waals surface area contributed by atoms with E-state index in [1.807, 2.05) is 48.5 Å². The molecule has 0 heterocycles. The third kappa shape index (κ3) is 5.14. The van der Waals surface area contributed by atoms with Gasteiger partial charge in [-0.2, -0.15) is 5.10 Å². The van der Waals surface area contributed by atoms with E-state index in [1.165, 1.54) is 11.1 Å². The second-order valence-electron chi connectivity index (χ2n) is 6.48. The van der Waals surface area contributed by atoms with Crippen molar-refractivity contribution in [1.82, 2.24) is 0 Å². The highest BCUT2D eigenvalue weighted by Gasteiger charge is 2.11. The van der Waals surface area contributed by atoms with Gasteiger partial charge in [0.05, 0.1) is 23.5 Å². The minimum Gasteiger partial charge on any atom is -0.493 e. The largest absolute Gasteiger partial charge is 0.493 e. The fourth-order valence-corrected chi connectivity index (χ4v) is 3.25. The van der Waals surface area contributed by atoms with Crippen LogP contribution in [0.3, 0.4) is 0 Å². The highest BCUT2D eigenvalue weighted by molar-refractivity contribution is 9.10. The summed E-state index contributed by atoms with van der Waals surface area (Å²) >= 11 is 3.58. The molecule has 0 bridgehead atoms. The number of nitrogens with one attached hydrogen (secondary N) is 1. The molecule has 0 spiro atoms. The number of nitrogens with zero attached hydrogens (tertiary/aromatic N) is 1. The van der Waals surface area contributed by atoms with Crippen molar-refractivity contribution in [3.8, 4) is 11.5 Å². The SMILES string of the molecule is COc1cc(/C=N/Nc2ccc(C)c(C)c2)cc(Br)c1OCc1ccccc1. The molecular weight excluding hydrogens is 416 g/mol. The average molecular weight is 439 g/mol. The van der Waals surface area contributed by atoms with Crippen LogP contribution < -0.4 is 14.9 Å². The molecule has 0 aliphatic heterocycles. The summed E-state index contributed by atoms with van der Waals surface area (Å²) in [6, 6.07) is 20.0. The lowest BCUT2D eigenvalue weighted by Gasteiger charge is -2.13. The fourth-order valence-electron chi connectivity index (χ4n) is 2.68. The van der Waals surface area contributed by atoms with E-state index in [1.54, 1.807) is 13.3 Å². The van der Waals surface area contributed by atoms with E-state index in [2.05, 4.69) is 52.4 Å². The number of ether oxygens (including phenoxy) is 2. The Balaban J connectivity index is 1.72. The molecule has 0 amide bonds. The van der Waals surface area contributed by atoms with E-state index in [4.69, 9.17) is 9.47 Å². The molecule has 3 rings (SSSR count). The van der Waals surface area contributed by atoms with Crippen molar-refractivity contribution >= 4 is 27.8 Å². The molecule has 0 saturated carbocycles. The van der Waals surface area contributed by atoms with Crippen LogP contribution in [0.15, 0.2) is 70.2 Å². The third-order valence-electron chi connectivity index (χ3n) is 4.39. The minimum absolute atomic E-state index is 0.470. The van der Waals surface area contributed by atoms with Gasteiger partial charge in [0, 0.05) is 0 Å². The predicted octanol–water partition coefficient (Wildman–Crippen LogP) is 6.10. The number of hydrazone groups is 1. The summed E-state index contributed by atoms with van der Waals surface area (Å²) in [6.07, 6.45) is 1.75. The van der Waals surface area contributed by atoms with Gasteiger partial charge in [-0.1, -0.05) is 36.4 Å². The highest BCUT2D eigenvalue weighted by Crippen LogP contribution is 2.36. The fraction of sp³-hybridized carbons (Fsp3) is 0.174. The first-order chi connectivity index (χ1) is 13.6. The lowest BCUT2D eigenvalue weighted by molar-refractivity contribution is 0.282. The summed E-state index contributed by atoms with van der Waals surface area (Å²) in [5, 5.41) is 4.33. The Morgan fingerprint density at radius 2 is 1.79 bits per heavy atom. The minimum atomic E-state index is 0.470. The number of rotatable bonds is 7. The maximum Gasteiger partial charge on any atom is 0.175 e. The van der Waals surface area contributed by atoms with E-state index in [9.17, 15) is 0 Å². The quantitative estimate of drug-likeness (QED) is 0.357.